The minimum atomic E-state index is -3.80. The second-order valence-corrected chi connectivity index (χ2v) is 9.67. The monoisotopic (exact) mass is 423 g/mol. The van der Waals surface area contributed by atoms with E-state index in [0.29, 0.717) is 5.75 Å². The van der Waals surface area contributed by atoms with Gasteiger partial charge in [0, 0.05) is 13.1 Å². The van der Waals surface area contributed by atoms with Gasteiger partial charge in [-0.3, -0.25) is 0 Å². The molecule has 158 valence electrons. The summed E-state index contributed by atoms with van der Waals surface area (Å²) in [7, 11) is -2.29. The Balaban J connectivity index is 2.10. The van der Waals surface area contributed by atoms with Crippen LogP contribution < -0.4 is 4.74 Å². The summed E-state index contributed by atoms with van der Waals surface area (Å²) in [6.07, 6.45) is 0. The van der Waals surface area contributed by atoms with Crippen molar-refractivity contribution >= 4 is 10.0 Å². The zero-order valence-electron chi connectivity index (χ0n) is 18.0. The molecule has 30 heavy (non-hydrogen) atoms. The van der Waals surface area contributed by atoms with Crippen molar-refractivity contribution < 1.29 is 13.2 Å². The van der Waals surface area contributed by atoms with E-state index in [9.17, 15) is 8.42 Å². The van der Waals surface area contributed by atoms with Crippen LogP contribution in [0.1, 0.15) is 42.0 Å². The Labute approximate surface area is 180 Å². The highest BCUT2D eigenvalue weighted by molar-refractivity contribution is 7.89. The number of benzene rings is 3. The molecular formula is C25H29NO3S. The summed E-state index contributed by atoms with van der Waals surface area (Å²) in [5.74, 6) is 0.588. The van der Waals surface area contributed by atoms with Crippen molar-refractivity contribution in [1.29, 1.82) is 0 Å². The predicted molar refractivity (Wildman–Crippen MR) is 121 cm³/mol. The molecule has 0 spiro atoms. The van der Waals surface area contributed by atoms with E-state index >= 15 is 0 Å². The van der Waals surface area contributed by atoms with Gasteiger partial charge in [-0.05, 0) is 47.2 Å². The first-order chi connectivity index (χ1) is 14.3. The van der Waals surface area contributed by atoms with Crippen molar-refractivity contribution in [3.63, 3.8) is 0 Å². The molecule has 3 rings (SSSR count). The van der Waals surface area contributed by atoms with Gasteiger partial charge in [-0.25, -0.2) is 8.42 Å². The minimum absolute atomic E-state index is 0.210. The second-order valence-electron chi connectivity index (χ2n) is 7.76. The van der Waals surface area contributed by atoms with Crippen LogP contribution in [0.25, 0.3) is 0 Å². The molecule has 0 unspecified atom stereocenters. The lowest BCUT2D eigenvalue weighted by Gasteiger charge is -2.25. The van der Waals surface area contributed by atoms with Gasteiger partial charge in [0.05, 0.1) is 7.11 Å². The Morgan fingerprint density at radius 2 is 1.37 bits per heavy atom. The topological polar surface area (TPSA) is 46.6 Å². The molecule has 0 N–H and O–H groups in total. The number of aryl methyl sites for hydroxylation is 1. The zero-order valence-corrected chi connectivity index (χ0v) is 18.8. The standard InChI is InChI=1S/C25H29NO3S/c1-19(2)23-16-25(24(29-4)15-20(23)3)30(27,28)26(17-21-11-7-5-8-12-21)18-22-13-9-6-10-14-22/h5-16,19H,17-18H2,1-4H3. The third kappa shape index (κ3) is 4.91. The third-order valence-corrected chi connectivity index (χ3v) is 7.01. The highest BCUT2D eigenvalue weighted by Crippen LogP contribution is 2.34. The maximum absolute atomic E-state index is 13.9. The fourth-order valence-electron chi connectivity index (χ4n) is 3.60. The lowest BCUT2D eigenvalue weighted by Crippen LogP contribution is -2.30. The summed E-state index contributed by atoms with van der Waals surface area (Å²) >= 11 is 0. The average Bonchev–Trinajstić information content (AvgIpc) is 2.74. The minimum Gasteiger partial charge on any atom is -0.495 e. The Morgan fingerprint density at radius 3 is 1.80 bits per heavy atom. The van der Waals surface area contributed by atoms with Gasteiger partial charge < -0.3 is 4.74 Å². The average molecular weight is 424 g/mol. The van der Waals surface area contributed by atoms with E-state index in [0.717, 1.165) is 22.3 Å². The van der Waals surface area contributed by atoms with Crippen LogP contribution in [-0.2, 0) is 23.1 Å². The zero-order chi connectivity index (χ0) is 21.7. The molecule has 0 saturated heterocycles. The number of sulfonamides is 1. The van der Waals surface area contributed by atoms with Crippen LogP contribution in [0.3, 0.4) is 0 Å². The molecule has 5 heteroatoms. The molecule has 0 aliphatic rings. The first kappa shape index (κ1) is 22.1. The Morgan fingerprint density at radius 1 is 0.867 bits per heavy atom. The molecule has 3 aromatic rings. The van der Waals surface area contributed by atoms with Gasteiger partial charge in [0.25, 0.3) is 0 Å². The van der Waals surface area contributed by atoms with E-state index in [2.05, 4.69) is 13.8 Å². The molecule has 3 aromatic carbocycles. The lowest BCUT2D eigenvalue weighted by molar-refractivity contribution is 0.382. The fourth-order valence-corrected chi connectivity index (χ4v) is 5.19. The largest absolute Gasteiger partial charge is 0.495 e. The summed E-state index contributed by atoms with van der Waals surface area (Å²) in [6, 6.07) is 22.9. The SMILES string of the molecule is COc1cc(C)c(C(C)C)cc1S(=O)(=O)N(Cc1ccccc1)Cc1ccccc1. The maximum Gasteiger partial charge on any atom is 0.247 e. The summed E-state index contributed by atoms with van der Waals surface area (Å²) in [5.41, 5.74) is 3.91. The van der Waals surface area contributed by atoms with E-state index in [1.54, 1.807) is 6.07 Å². The van der Waals surface area contributed by atoms with Crippen molar-refractivity contribution in [2.75, 3.05) is 7.11 Å². The molecular weight excluding hydrogens is 394 g/mol. The van der Waals surface area contributed by atoms with E-state index in [-0.39, 0.29) is 23.9 Å². The summed E-state index contributed by atoms with van der Waals surface area (Å²) < 4.78 is 34.7. The van der Waals surface area contributed by atoms with E-state index in [1.807, 2.05) is 73.7 Å². The molecule has 0 atom stereocenters. The molecule has 0 heterocycles. The smallest absolute Gasteiger partial charge is 0.247 e. The van der Waals surface area contributed by atoms with Crippen LogP contribution in [0.2, 0.25) is 0 Å². The highest BCUT2D eigenvalue weighted by atomic mass is 32.2. The van der Waals surface area contributed by atoms with Gasteiger partial charge in [0.2, 0.25) is 10.0 Å². The van der Waals surface area contributed by atoms with Gasteiger partial charge in [-0.1, -0.05) is 74.5 Å². The molecule has 0 aliphatic heterocycles. The van der Waals surface area contributed by atoms with Gasteiger partial charge in [-0.2, -0.15) is 4.31 Å². The van der Waals surface area contributed by atoms with Gasteiger partial charge in [-0.15, -0.1) is 0 Å². The summed E-state index contributed by atoms with van der Waals surface area (Å²) in [5, 5.41) is 0. The van der Waals surface area contributed by atoms with Crippen LogP contribution in [0, 0.1) is 6.92 Å². The maximum atomic E-state index is 13.9. The molecule has 0 amide bonds. The summed E-state index contributed by atoms with van der Waals surface area (Å²) in [4.78, 5) is 0.214. The van der Waals surface area contributed by atoms with E-state index < -0.39 is 10.0 Å². The Bertz CT molecular complexity index is 1040. The Hall–Kier alpha value is -2.63. The second kappa shape index (κ2) is 9.45. The van der Waals surface area contributed by atoms with Crippen molar-refractivity contribution in [2.45, 2.75) is 44.7 Å². The number of hydrogen-bond donors (Lipinski definition) is 0. The normalized spacial score (nSPS) is 11.8. The number of hydrogen-bond acceptors (Lipinski definition) is 3. The predicted octanol–water partition coefficient (Wildman–Crippen LogP) is 5.52. The molecule has 0 radical (unpaired) electrons. The van der Waals surface area contributed by atoms with E-state index in [4.69, 9.17) is 4.74 Å². The Kier molecular flexibility index (Phi) is 6.95. The van der Waals surface area contributed by atoms with Crippen LogP contribution in [0.15, 0.2) is 77.7 Å². The summed E-state index contributed by atoms with van der Waals surface area (Å²) in [6.45, 7) is 6.69. The quantitative estimate of drug-likeness (QED) is 0.479. The first-order valence-electron chi connectivity index (χ1n) is 10.1. The van der Waals surface area contributed by atoms with Crippen LogP contribution in [0.5, 0.6) is 5.75 Å². The van der Waals surface area contributed by atoms with Crippen molar-refractivity contribution in [3.05, 3.63) is 95.1 Å². The molecule has 0 saturated carbocycles. The number of rotatable bonds is 8. The third-order valence-electron chi connectivity index (χ3n) is 5.20. The molecule has 0 fully saturated rings. The van der Waals surface area contributed by atoms with Crippen LogP contribution >= 0.6 is 0 Å². The first-order valence-corrected chi connectivity index (χ1v) is 11.5. The molecule has 0 aliphatic carbocycles. The van der Waals surface area contributed by atoms with Gasteiger partial charge in [0.1, 0.15) is 10.6 Å². The van der Waals surface area contributed by atoms with Crippen molar-refractivity contribution in [2.24, 2.45) is 0 Å². The molecule has 4 nitrogen and oxygen atoms in total. The molecule has 0 aromatic heterocycles. The number of ether oxygens (including phenoxy) is 1. The van der Waals surface area contributed by atoms with Crippen LogP contribution in [0.4, 0.5) is 0 Å². The van der Waals surface area contributed by atoms with Gasteiger partial charge >= 0.3 is 0 Å². The van der Waals surface area contributed by atoms with Crippen molar-refractivity contribution in [3.8, 4) is 5.75 Å². The van der Waals surface area contributed by atoms with E-state index in [1.165, 1.54) is 11.4 Å². The molecule has 0 bridgehead atoms. The lowest BCUT2D eigenvalue weighted by atomic mass is 9.98. The highest BCUT2D eigenvalue weighted by Gasteiger charge is 2.29. The van der Waals surface area contributed by atoms with Crippen LogP contribution in [-0.4, -0.2) is 19.8 Å². The number of nitrogens with zero attached hydrogens (tertiary/aromatic N) is 1. The van der Waals surface area contributed by atoms with Gasteiger partial charge in [0.15, 0.2) is 0 Å². The number of methoxy groups -OCH3 is 1. The fraction of sp³-hybridized carbons (Fsp3) is 0.280. The van der Waals surface area contributed by atoms with Crippen molar-refractivity contribution in [1.82, 2.24) is 4.31 Å².